The van der Waals surface area contributed by atoms with Crippen LogP contribution in [0.2, 0.25) is 0 Å². The van der Waals surface area contributed by atoms with E-state index in [0.717, 1.165) is 11.1 Å². The van der Waals surface area contributed by atoms with Gasteiger partial charge in [0.05, 0.1) is 0 Å². The molecule has 0 fully saturated rings. The summed E-state index contributed by atoms with van der Waals surface area (Å²) in [7, 11) is 0. The molecule has 20 heavy (non-hydrogen) atoms. The van der Waals surface area contributed by atoms with Gasteiger partial charge >= 0.3 is 0 Å². The molecule has 0 saturated carbocycles. The Hall–Kier alpha value is -2.42. The van der Waals surface area contributed by atoms with Gasteiger partial charge in [0, 0.05) is 11.8 Å². The van der Waals surface area contributed by atoms with Crippen LogP contribution in [0.1, 0.15) is 16.7 Å². The van der Waals surface area contributed by atoms with Crippen molar-refractivity contribution in [3.05, 3.63) is 71.0 Å². The monoisotopic (exact) mass is 269 g/mol. The fourth-order valence-electron chi connectivity index (χ4n) is 1.90. The zero-order chi connectivity index (χ0) is 14.5. The molecule has 0 unspecified atom stereocenters. The molecular weight excluding hydrogens is 253 g/mol. The van der Waals surface area contributed by atoms with E-state index in [0.29, 0.717) is 5.69 Å². The van der Waals surface area contributed by atoms with E-state index >= 15 is 0 Å². The molecule has 102 valence electrons. The average molecular weight is 269 g/mol. The van der Waals surface area contributed by atoms with Crippen LogP contribution in [0.5, 0.6) is 0 Å². The van der Waals surface area contributed by atoms with Crippen molar-refractivity contribution in [2.75, 3.05) is 5.32 Å². The molecule has 0 heterocycles. The Morgan fingerprint density at radius 3 is 2.45 bits per heavy atom. The summed E-state index contributed by atoms with van der Waals surface area (Å²) in [6.45, 7) is 4.03. The molecular formula is C17H16FNO. The molecule has 2 nitrogen and oxygen atoms in total. The lowest BCUT2D eigenvalue weighted by Crippen LogP contribution is -2.07. The van der Waals surface area contributed by atoms with Crippen molar-refractivity contribution >= 4 is 17.7 Å². The van der Waals surface area contributed by atoms with E-state index in [1.165, 1.54) is 35.9 Å². The van der Waals surface area contributed by atoms with Crippen LogP contribution >= 0.6 is 0 Å². The number of hydrogen-bond donors (Lipinski definition) is 1. The van der Waals surface area contributed by atoms with Gasteiger partial charge in [-0.25, -0.2) is 4.39 Å². The van der Waals surface area contributed by atoms with Crippen molar-refractivity contribution in [2.45, 2.75) is 13.8 Å². The summed E-state index contributed by atoms with van der Waals surface area (Å²) in [5.41, 5.74) is 3.89. The first-order chi connectivity index (χ1) is 9.54. The Labute approximate surface area is 118 Å². The van der Waals surface area contributed by atoms with Gasteiger partial charge in [-0.1, -0.05) is 23.8 Å². The summed E-state index contributed by atoms with van der Waals surface area (Å²) < 4.78 is 12.7. The highest BCUT2D eigenvalue weighted by atomic mass is 19.1. The lowest BCUT2D eigenvalue weighted by Gasteiger charge is -2.03. The second kappa shape index (κ2) is 6.15. The lowest BCUT2D eigenvalue weighted by molar-refractivity contribution is -0.111. The van der Waals surface area contributed by atoms with E-state index in [9.17, 15) is 9.18 Å². The smallest absolute Gasteiger partial charge is 0.248 e. The van der Waals surface area contributed by atoms with Crippen molar-refractivity contribution in [2.24, 2.45) is 0 Å². The van der Waals surface area contributed by atoms with Crippen molar-refractivity contribution in [1.82, 2.24) is 0 Å². The summed E-state index contributed by atoms with van der Waals surface area (Å²) in [6.07, 6.45) is 3.24. The quantitative estimate of drug-likeness (QED) is 0.835. The molecule has 0 radical (unpaired) electrons. The molecule has 0 aliphatic carbocycles. The molecule has 1 amide bonds. The van der Waals surface area contributed by atoms with Crippen molar-refractivity contribution < 1.29 is 9.18 Å². The summed E-state index contributed by atoms with van der Waals surface area (Å²) in [5.74, 6) is -0.564. The van der Waals surface area contributed by atoms with E-state index in [1.807, 2.05) is 26.0 Å². The largest absolute Gasteiger partial charge is 0.323 e. The molecule has 0 atom stereocenters. The molecule has 2 rings (SSSR count). The predicted octanol–water partition coefficient (Wildman–Crippen LogP) is 4.09. The number of anilines is 1. The van der Waals surface area contributed by atoms with E-state index in [4.69, 9.17) is 0 Å². The molecule has 0 bridgehead atoms. The van der Waals surface area contributed by atoms with E-state index in [2.05, 4.69) is 11.4 Å². The summed E-state index contributed by atoms with van der Waals surface area (Å²) in [6, 6.07) is 11.7. The van der Waals surface area contributed by atoms with E-state index in [-0.39, 0.29) is 11.7 Å². The SMILES string of the molecule is Cc1ccc(C=CC(=O)Nc2ccc(F)cc2)c(C)c1. The Morgan fingerprint density at radius 2 is 1.80 bits per heavy atom. The van der Waals surface area contributed by atoms with Crippen LogP contribution in [-0.4, -0.2) is 5.91 Å². The zero-order valence-corrected chi connectivity index (χ0v) is 11.5. The number of halogens is 1. The van der Waals surface area contributed by atoms with Crippen LogP contribution in [0.3, 0.4) is 0 Å². The van der Waals surface area contributed by atoms with Crippen LogP contribution in [0.4, 0.5) is 10.1 Å². The van der Waals surface area contributed by atoms with Crippen LogP contribution in [-0.2, 0) is 4.79 Å². The molecule has 0 saturated heterocycles. The topological polar surface area (TPSA) is 29.1 Å². The highest BCUT2D eigenvalue weighted by molar-refractivity contribution is 6.01. The third-order valence-corrected chi connectivity index (χ3v) is 2.95. The van der Waals surface area contributed by atoms with Gasteiger partial charge in [-0.2, -0.15) is 0 Å². The van der Waals surface area contributed by atoms with Gasteiger partial charge in [-0.3, -0.25) is 4.79 Å². The molecule has 2 aromatic rings. The van der Waals surface area contributed by atoms with Crippen LogP contribution < -0.4 is 5.32 Å². The summed E-state index contributed by atoms with van der Waals surface area (Å²) in [5, 5.41) is 2.68. The Kier molecular flexibility index (Phi) is 4.31. The Bertz CT molecular complexity index is 645. The molecule has 1 N–H and O–H groups in total. The number of carbonyl (C=O) groups excluding carboxylic acids is 1. The highest BCUT2D eigenvalue weighted by Crippen LogP contribution is 2.13. The van der Waals surface area contributed by atoms with Gasteiger partial charge < -0.3 is 5.32 Å². The third-order valence-electron chi connectivity index (χ3n) is 2.95. The molecule has 2 aromatic carbocycles. The fraction of sp³-hybridized carbons (Fsp3) is 0.118. The first-order valence-corrected chi connectivity index (χ1v) is 6.36. The number of rotatable bonds is 3. The van der Waals surface area contributed by atoms with E-state index < -0.39 is 0 Å². The van der Waals surface area contributed by atoms with Crippen molar-refractivity contribution in [3.63, 3.8) is 0 Å². The summed E-state index contributed by atoms with van der Waals surface area (Å²) in [4.78, 5) is 11.8. The van der Waals surface area contributed by atoms with Crippen molar-refractivity contribution in [3.8, 4) is 0 Å². The highest BCUT2D eigenvalue weighted by Gasteiger charge is 1.99. The fourth-order valence-corrected chi connectivity index (χ4v) is 1.90. The van der Waals surface area contributed by atoms with Gasteiger partial charge in [-0.05, 0) is 55.3 Å². The minimum atomic E-state index is -0.325. The number of nitrogens with one attached hydrogen (secondary N) is 1. The molecule has 0 aliphatic heterocycles. The summed E-state index contributed by atoms with van der Waals surface area (Å²) >= 11 is 0. The normalized spacial score (nSPS) is 10.8. The van der Waals surface area contributed by atoms with E-state index in [1.54, 1.807) is 6.08 Å². The maximum absolute atomic E-state index is 12.7. The van der Waals surface area contributed by atoms with Crippen molar-refractivity contribution in [1.29, 1.82) is 0 Å². The second-order valence-corrected chi connectivity index (χ2v) is 4.69. The predicted molar refractivity (Wildman–Crippen MR) is 80.0 cm³/mol. The Morgan fingerprint density at radius 1 is 1.10 bits per heavy atom. The number of aryl methyl sites for hydroxylation is 2. The van der Waals surface area contributed by atoms with Gasteiger partial charge in [0.15, 0.2) is 0 Å². The second-order valence-electron chi connectivity index (χ2n) is 4.69. The first kappa shape index (κ1) is 14.0. The Balaban J connectivity index is 2.03. The standard InChI is InChI=1S/C17H16FNO/c1-12-3-4-14(13(2)11-12)5-10-17(20)19-16-8-6-15(18)7-9-16/h3-11H,1-2H3,(H,19,20). The zero-order valence-electron chi connectivity index (χ0n) is 11.5. The minimum absolute atomic E-state index is 0.239. The molecule has 0 aromatic heterocycles. The van der Waals surface area contributed by atoms with Gasteiger partial charge in [0.25, 0.3) is 0 Å². The third kappa shape index (κ3) is 3.79. The first-order valence-electron chi connectivity index (χ1n) is 6.36. The average Bonchev–Trinajstić information content (AvgIpc) is 2.40. The lowest BCUT2D eigenvalue weighted by atomic mass is 10.1. The number of amides is 1. The maximum Gasteiger partial charge on any atom is 0.248 e. The van der Waals surface area contributed by atoms with Gasteiger partial charge in [0.1, 0.15) is 5.82 Å². The van der Waals surface area contributed by atoms with Crippen LogP contribution in [0, 0.1) is 19.7 Å². The minimum Gasteiger partial charge on any atom is -0.323 e. The van der Waals surface area contributed by atoms with Crippen LogP contribution in [0.25, 0.3) is 6.08 Å². The number of benzene rings is 2. The van der Waals surface area contributed by atoms with Gasteiger partial charge in [0.2, 0.25) is 5.91 Å². The molecule has 0 spiro atoms. The molecule has 3 heteroatoms. The number of hydrogen-bond acceptors (Lipinski definition) is 1. The number of carbonyl (C=O) groups is 1. The molecule has 0 aliphatic rings. The van der Waals surface area contributed by atoms with Crippen LogP contribution in [0.15, 0.2) is 48.5 Å². The van der Waals surface area contributed by atoms with Gasteiger partial charge in [-0.15, -0.1) is 0 Å². The maximum atomic E-state index is 12.7.